The number of benzene rings is 1. The van der Waals surface area contributed by atoms with Crippen molar-refractivity contribution in [2.75, 3.05) is 5.32 Å². The highest BCUT2D eigenvalue weighted by atomic mass is 32.1. The van der Waals surface area contributed by atoms with Gasteiger partial charge in [0.15, 0.2) is 0 Å². The largest absolute Gasteiger partial charge is 0.481 e. The molecule has 8 heteroatoms. The van der Waals surface area contributed by atoms with Crippen molar-refractivity contribution in [3.8, 4) is 0 Å². The topological polar surface area (TPSA) is 92.2 Å². The molecule has 0 saturated carbocycles. The van der Waals surface area contributed by atoms with Crippen LogP contribution in [0, 0.1) is 5.82 Å². The van der Waals surface area contributed by atoms with Gasteiger partial charge >= 0.3 is 5.97 Å². The lowest BCUT2D eigenvalue weighted by Crippen LogP contribution is -2.11. The van der Waals surface area contributed by atoms with Crippen LogP contribution in [0.5, 0.6) is 0 Å². The maximum atomic E-state index is 13.0. The van der Waals surface area contributed by atoms with Gasteiger partial charge in [-0.3, -0.25) is 9.59 Å². The van der Waals surface area contributed by atoms with E-state index in [1.165, 1.54) is 18.2 Å². The summed E-state index contributed by atoms with van der Waals surface area (Å²) in [7, 11) is 0. The molecule has 0 bridgehead atoms. The first kappa shape index (κ1) is 15.0. The van der Waals surface area contributed by atoms with Crippen molar-refractivity contribution in [2.45, 2.75) is 19.3 Å². The van der Waals surface area contributed by atoms with E-state index in [1.807, 2.05) is 0 Å². The molecule has 0 aliphatic carbocycles. The van der Waals surface area contributed by atoms with Crippen LogP contribution in [0.25, 0.3) is 0 Å². The molecule has 0 fully saturated rings. The van der Waals surface area contributed by atoms with Gasteiger partial charge in [0.05, 0.1) is 0 Å². The average molecular weight is 309 g/mol. The Hall–Kier alpha value is -2.35. The molecule has 2 N–H and O–H groups in total. The molecule has 2 aromatic rings. The van der Waals surface area contributed by atoms with Crippen LogP contribution in [-0.4, -0.2) is 27.2 Å². The number of aliphatic carboxylic acids is 1. The lowest BCUT2D eigenvalue weighted by atomic mass is 10.2. The molecule has 0 unspecified atom stereocenters. The minimum atomic E-state index is -0.872. The standard InChI is InChI=1S/C13H12FN3O3S/c14-8-3-1-4-9(7-8)15-12(20)13-17-16-10(21-13)5-2-6-11(18)19/h1,3-4,7H,2,5-6H2,(H,15,20)(H,18,19). The normalized spacial score (nSPS) is 10.3. The first-order valence-electron chi connectivity index (χ1n) is 6.15. The SMILES string of the molecule is O=C(O)CCCc1nnc(C(=O)Nc2cccc(F)c2)s1. The van der Waals surface area contributed by atoms with Gasteiger partial charge in [0.1, 0.15) is 10.8 Å². The Morgan fingerprint density at radius 3 is 2.86 bits per heavy atom. The van der Waals surface area contributed by atoms with Crippen molar-refractivity contribution in [3.05, 3.63) is 40.1 Å². The summed E-state index contributed by atoms with van der Waals surface area (Å²) in [4.78, 5) is 22.3. The molecule has 0 radical (unpaired) electrons. The number of rotatable bonds is 6. The number of carboxylic acid groups (broad SMARTS) is 1. The van der Waals surface area contributed by atoms with Crippen molar-refractivity contribution in [3.63, 3.8) is 0 Å². The van der Waals surface area contributed by atoms with E-state index in [0.717, 1.165) is 11.3 Å². The first-order valence-corrected chi connectivity index (χ1v) is 6.97. The van der Waals surface area contributed by atoms with Crippen molar-refractivity contribution < 1.29 is 19.1 Å². The van der Waals surface area contributed by atoms with Crippen LogP contribution in [0.15, 0.2) is 24.3 Å². The number of anilines is 1. The fraction of sp³-hybridized carbons (Fsp3) is 0.231. The summed E-state index contributed by atoms with van der Waals surface area (Å²) in [5.74, 6) is -1.79. The lowest BCUT2D eigenvalue weighted by molar-refractivity contribution is -0.137. The molecule has 110 valence electrons. The zero-order valence-electron chi connectivity index (χ0n) is 10.9. The summed E-state index contributed by atoms with van der Waals surface area (Å²) in [5, 5.41) is 19.4. The molecule has 6 nitrogen and oxygen atoms in total. The number of halogens is 1. The molecule has 1 aromatic heterocycles. The molecule has 0 spiro atoms. The third kappa shape index (κ3) is 4.60. The van der Waals surface area contributed by atoms with Gasteiger partial charge in [0, 0.05) is 18.5 Å². The van der Waals surface area contributed by atoms with E-state index in [2.05, 4.69) is 15.5 Å². The lowest BCUT2D eigenvalue weighted by Gasteiger charge is -2.01. The van der Waals surface area contributed by atoms with Gasteiger partial charge in [-0.2, -0.15) is 0 Å². The second kappa shape index (κ2) is 6.89. The molecule has 0 saturated heterocycles. The molecule has 1 amide bonds. The minimum absolute atomic E-state index is 0.0460. The summed E-state index contributed by atoms with van der Waals surface area (Å²) in [6, 6.07) is 5.53. The Morgan fingerprint density at radius 1 is 1.33 bits per heavy atom. The Bertz CT molecular complexity index is 660. The predicted molar refractivity (Wildman–Crippen MR) is 74.8 cm³/mol. The van der Waals surface area contributed by atoms with Gasteiger partial charge in [-0.25, -0.2) is 4.39 Å². The van der Waals surface area contributed by atoms with Gasteiger partial charge in [0.25, 0.3) is 5.91 Å². The Balaban J connectivity index is 1.94. The van der Waals surface area contributed by atoms with Crippen LogP contribution in [0.1, 0.15) is 27.7 Å². The number of carboxylic acids is 1. The van der Waals surface area contributed by atoms with E-state index < -0.39 is 17.7 Å². The quantitative estimate of drug-likeness (QED) is 0.854. The average Bonchev–Trinajstić information content (AvgIpc) is 2.87. The fourth-order valence-corrected chi connectivity index (χ4v) is 2.36. The van der Waals surface area contributed by atoms with E-state index in [9.17, 15) is 14.0 Å². The maximum Gasteiger partial charge on any atom is 0.303 e. The van der Waals surface area contributed by atoms with Gasteiger partial charge in [0.2, 0.25) is 5.01 Å². The van der Waals surface area contributed by atoms with Crippen molar-refractivity contribution in [1.82, 2.24) is 10.2 Å². The van der Waals surface area contributed by atoms with Crippen molar-refractivity contribution >= 4 is 28.9 Å². The van der Waals surface area contributed by atoms with E-state index in [-0.39, 0.29) is 11.4 Å². The summed E-state index contributed by atoms with van der Waals surface area (Å²) in [6.45, 7) is 0. The Kier molecular flexibility index (Phi) is 4.94. The third-order valence-electron chi connectivity index (χ3n) is 2.52. The number of nitrogens with one attached hydrogen (secondary N) is 1. The smallest absolute Gasteiger partial charge is 0.303 e. The number of aromatic nitrogens is 2. The molecule has 0 aliphatic rings. The van der Waals surface area contributed by atoms with Gasteiger partial charge in [-0.1, -0.05) is 17.4 Å². The zero-order valence-corrected chi connectivity index (χ0v) is 11.7. The summed E-state index contributed by atoms with van der Waals surface area (Å²) < 4.78 is 13.0. The van der Waals surface area contributed by atoms with Crippen LogP contribution < -0.4 is 5.32 Å². The highest BCUT2D eigenvalue weighted by Crippen LogP contribution is 2.15. The number of hydrogen-bond acceptors (Lipinski definition) is 5. The highest BCUT2D eigenvalue weighted by Gasteiger charge is 2.13. The monoisotopic (exact) mass is 309 g/mol. The molecule has 0 atom stereocenters. The molecule has 1 heterocycles. The molecule has 21 heavy (non-hydrogen) atoms. The van der Waals surface area contributed by atoms with Crippen LogP contribution in [0.3, 0.4) is 0 Å². The Labute approximate surface area is 123 Å². The number of carbonyl (C=O) groups is 2. The van der Waals surface area contributed by atoms with E-state index in [0.29, 0.717) is 23.5 Å². The van der Waals surface area contributed by atoms with Crippen LogP contribution >= 0.6 is 11.3 Å². The number of aryl methyl sites for hydroxylation is 1. The van der Waals surface area contributed by atoms with Crippen LogP contribution in [0.4, 0.5) is 10.1 Å². The maximum absolute atomic E-state index is 13.0. The number of carbonyl (C=O) groups excluding carboxylic acids is 1. The molecule has 2 rings (SSSR count). The Morgan fingerprint density at radius 2 is 2.14 bits per heavy atom. The second-order valence-corrected chi connectivity index (χ2v) is 5.27. The van der Waals surface area contributed by atoms with Crippen LogP contribution in [-0.2, 0) is 11.2 Å². The number of hydrogen-bond donors (Lipinski definition) is 2. The fourth-order valence-electron chi connectivity index (χ4n) is 1.59. The van der Waals surface area contributed by atoms with Crippen molar-refractivity contribution in [1.29, 1.82) is 0 Å². The summed E-state index contributed by atoms with van der Waals surface area (Å²) in [5.41, 5.74) is 0.336. The number of nitrogens with zero attached hydrogens (tertiary/aromatic N) is 2. The molecular weight excluding hydrogens is 297 g/mol. The summed E-state index contributed by atoms with van der Waals surface area (Å²) >= 11 is 1.10. The predicted octanol–water partition coefficient (Wildman–Crippen LogP) is 2.34. The molecule has 1 aromatic carbocycles. The van der Waals surface area contributed by atoms with E-state index in [4.69, 9.17) is 5.11 Å². The van der Waals surface area contributed by atoms with Gasteiger partial charge < -0.3 is 10.4 Å². The van der Waals surface area contributed by atoms with Gasteiger partial charge in [-0.15, -0.1) is 10.2 Å². The minimum Gasteiger partial charge on any atom is -0.481 e. The van der Waals surface area contributed by atoms with Gasteiger partial charge in [-0.05, 0) is 24.6 Å². The van der Waals surface area contributed by atoms with Crippen molar-refractivity contribution in [2.24, 2.45) is 0 Å². The number of amides is 1. The molecular formula is C13H12FN3O3S. The van der Waals surface area contributed by atoms with E-state index in [1.54, 1.807) is 6.07 Å². The van der Waals surface area contributed by atoms with Crippen LogP contribution in [0.2, 0.25) is 0 Å². The zero-order chi connectivity index (χ0) is 15.2. The summed E-state index contributed by atoms with van der Waals surface area (Å²) in [6.07, 6.45) is 0.942. The third-order valence-corrected chi connectivity index (χ3v) is 3.51. The second-order valence-electron chi connectivity index (χ2n) is 4.21. The first-order chi connectivity index (χ1) is 10.0. The highest BCUT2D eigenvalue weighted by molar-refractivity contribution is 7.13. The van der Waals surface area contributed by atoms with E-state index >= 15 is 0 Å². The molecule has 0 aliphatic heterocycles.